The summed E-state index contributed by atoms with van der Waals surface area (Å²) in [6.45, 7) is 1.83. The van der Waals surface area contributed by atoms with Crippen molar-refractivity contribution in [3.8, 4) is 0 Å². The van der Waals surface area contributed by atoms with Crippen molar-refractivity contribution in [3.05, 3.63) is 45.5 Å². The molecule has 0 spiro atoms. The van der Waals surface area contributed by atoms with Gasteiger partial charge in [0.15, 0.2) is 0 Å². The van der Waals surface area contributed by atoms with Gasteiger partial charge in [-0.1, -0.05) is 18.2 Å². The molecule has 20 heavy (non-hydrogen) atoms. The highest BCUT2D eigenvalue weighted by Crippen LogP contribution is 2.49. The van der Waals surface area contributed by atoms with Crippen LogP contribution in [0.15, 0.2) is 24.3 Å². The lowest BCUT2D eigenvalue weighted by Gasteiger charge is -2.35. The zero-order valence-corrected chi connectivity index (χ0v) is 10.9. The highest BCUT2D eigenvalue weighted by molar-refractivity contribution is 5.82. The molecule has 104 valence electrons. The van der Waals surface area contributed by atoms with Crippen molar-refractivity contribution in [1.29, 1.82) is 0 Å². The number of nitro groups is 1. The summed E-state index contributed by atoms with van der Waals surface area (Å²) >= 11 is 0. The Kier molecular flexibility index (Phi) is 2.74. The maximum absolute atomic E-state index is 11.4. The third kappa shape index (κ3) is 1.68. The molecule has 0 saturated heterocycles. The number of anilines is 1. The van der Waals surface area contributed by atoms with Crippen LogP contribution in [0, 0.1) is 23.0 Å². The lowest BCUT2D eigenvalue weighted by atomic mass is 9.78. The van der Waals surface area contributed by atoms with Crippen molar-refractivity contribution in [3.63, 3.8) is 0 Å². The Labute approximate surface area is 115 Å². The lowest BCUT2D eigenvalue weighted by Crippen LogP contribution is -2.42. The summed E-state index contributed by atoms with van der Waals surface area (Å²) < 4.78 is 0. The van der Waals surface area contributed by atoms with Gasteiger partial charge < -0.3 is 10.4 Å². The monoisotopic (exact) mass is 274 g/mol. The van der Waals surface area contributed by atoms with Gasteiger partial charge in [0, 0.05) is 23.6 Å². The van der Waals surface area contributed by atoms with E-state index in [0.29, 0.717) is 17.7 Å². The Morgan fingerprint density at radius 1 is 1.50 bits per heavy atom. The number of nitro benzene ring substituents is 1. The largest absolute Gasteiger partial charge is 0.480 e. The Bertz CT molecular complexity index is 638. The quantitative estimate of drug-likeness (QED) is 0.491. The van der Waals surface area contributed by atoms with E-state index in [0.717, 1.165) is 5.56 Å². The zero-order valence-electron chi connectivity index (χ0n) is 10.9. The molecule has 2 N–H and O–H groups in total. The van der Waals surface area contributed by atoms with E-state index in [-0.39, 0.29) is 17.5 Å². The highest BCUT2D eigenvalue weighted by atomic mass is 16.6. The molecule has 1 aromatic rings. The molecule has 3 atom stereocenters. The number of hydrogen-bond donors (Lipinski definition) is 2. The van der Waals surface area contributed by atoms with Gasteiger partial charge in [-0.25, -0.2) is 4.79 Å². The lowest BCUT2D eigenvalue weighted by molar-refractivity contribution is -0.385. The number of aliphatic carboxylic acids is 1. The van der Waals surface area contributed by atoms with Crippen LogP contribution in [0.3, 0.4) is 0 Å². The number of aryl methyl sites for hydroxylation is 1. The van der Waals surface area contributed by atoms with Crippen LogP contribution in [0.1, 0.15) is 23.5 Å². The van der Waals surface area contributed by atoms with Crippen molar-refractivity contribution in [1.82, 2.24) is 0 Å². The summed E-state index contributed by atoms with van der Waals surface area (Å²) in [7, 11) is 0. The second-order valence-corrected chi connectivity index (χ2v) is 5.26. The van der Waals surface area contributed by atoms with Crippen molar-refractivity contribution < 1.29 is 14.8 Å². The molecule has 1 aliphatic carbocycles. The standard InChI is InChI=1S/C14H14N2O4/c1-7-5-6-10(16(19)20)11-8-3-2-4-9(8)13(14(17)18)15-12(7)11/h2-3,5-6,8-9,13,15H,4H2,1H3,(H,17,18)/t8-,9+,13+/m0/s1. The molecule has 0 radical (unpaired) electrons. The topological polar surface area (TPSA) is 92.5 Å². The van der Waals surface area contributed by atoms with E-state index in [4.69, 9.17) is 0 Å². The minimum absolute atomic E-state index is 0.0588. The minimum Gasteiger partial charge on any atom is -0.480 e. The summed E-state index contributed by atoms with van der Waals surface area (Å²) in [6.07, 6.45) is 4.43. The Morgan fingerprint density at radius 3 is 2.90 bits per heavy atom. The second-order valence-electron chi connectivity index (χ2n) is 5.26. The summed E-state index contributed by atoms with van der Waals surface area (Å²) in [5.41, 5.74) is 2.10. The second kappa shape index (κ2) is 4.33. The van der Waals surface area contributed by atoms with Gasteiger partial charge in [-0.15, -0.1) is 0 Å². The van der Waals surface area contributed by atoms with Crippen molar-refractivity contribution in [2.45, 2.75) is 25.3 Å². The fourth-order valence-electron chi connectivity index (χ4n) is 3.24. The predicted octanol–water partition coefficient (Wildman–Crippen LogP) is 2.44. The Balaban J connectivity index is 2.22. The molecule has 6 heteroatoms. The van der Waals surface area contributed by atoms with Gasteiger partial charge >= 0.3 is 5.97 Å². The van der Waals surface area contributed by atoms with E-state index in [9.17, 15) is 20.0 Å². The fourth-order valence-corrected chi connectivity index (χ4v) is 3.24. The van der Waals surface area contributed by atoms with Crippen LogP contribution >= 0.6 is 0 Å². The molecular formula is C14H14N2O4. The maximum atomic E-state index is 11.4. The van der Waals surface area contributed by atoms with Crippen LogP contribution in [0.25, 0.3) is 0 Å². The van der Waals surface area contributed by atoms with E-state index in [1.54, 1.807) is 6.07 Å². The van der Waals surface area contributed by atoms with Gasteiger partial charge in [0.1, 0.15) is 6.04 Å². The van der Waals surface area contributed by atoms with E-state index < -0.39 is 16.9 Å². The first-order chi connectivity index (χ1) is 9.50. The number of rotatable bonds is 2. The Morgan fingerprint density at radius 2 is 2.25 bits per heavy atom. The van der Waals surface area contributed by atoms with Crippen LogP contribution in [0.2, 0.25) is 0 Å². The van der Waals surface area contributed by atoms with Crippen LogP contribution in [0.5, 0.6) is 0 Å². The number of benzene rings is 1. The smallest absolute Gasteiger partial charge is 0.326 e. The number of carboxylic acids is 1. The number of fused-ring (bicyclic) bond motifs is 3. The number of nitrogens with one attached hydrogen (secondary N) is 1. The summed E-state index contributed by atoms with van der Waals surface area (Å²) in [4.78, 5) is 22.2. The summed E-state index contributed by atoms with van der Waals surface area (Å²) in [6, 6.07) is 2.45. The zero-order chi connectivity index (χ0) is 14.4. The molecular weight excluding hydrogens is 260 g/mol. The molecule has 3 rings (SSSR count). The van der Waals surface area contributed by atoms with Crippen LogP contribution in [0.4, 0.5) is 11.4 Å². The van der Waals surface area contributed by atoms with Gasteiger partial charge in [-0.05, 0) is 18.9 Å². The average molecular weight is 274 g/mol. The number of hydrogen-bond acceptors (Lipinski definition) is 4. The third-order valence-electron chi connectivity index (χ3n) is 4.17. The average Bonchev–Trinajstić information content (AvgIpc) is 2.86. The number of carbonyl (C=O) groups is 1. The highest BCUT2D eigenvalue weighted by Gasteiger charge is 2.44. The van der Waals surface area contributed by atoms with E-state index in [1.807, 2.05) is 19.1 Å². The number of nitrogens with zero attached hydrogens (tertiary/aromatic N) is 1. The van der Waals surface area contributed by atoms with Gasteiger partial charge in [0.05, 0.1) is 10.5 Å². The van der Waals surface area contributed by atoms with Crippen LogP contribution in [-0.4, -0.2) is 22.0 Å². The molecule has 0 unspecified atom stereocenters. The first-order valence-electron chi connectivity index (χ1n) is 6.44. The van der Waals surface area contributed by atoms with E-state index in [2.05, 4.69) is 5.32 Å². The Hall–Kier alpha value is -2.37. The fraction of sp³-hybridized carbons (Fsp3) is 0.357. The van der Waals surface area contributed by atoms with Gasteiger partial charge in [-0.2, -0.15) is 0 Å². The molecule has 6 nitrogen and oxygen atoms in total. The van der Waals surface area contributed by atoms with Crippen molar-refractivity contribution in [2.24, 2.45) is 5.92 Å². The first kappa shape index (κ1) is 12.7. The molecule has 1 aromatic carbocycles. The van der Waals surface area contributed by atoms with Crippen LogP contribution in [-0.2, 0) is 4.79 Å². The normalized spacial score (nSPS) is 26.6. The molecule has 0 saturated carbocycles. The SMILES string of the molecule is Cc1ccc([N+](=O)[O-])c2c1N[C@@H](C(=O)O)[C@@H]1CC=C[C@H]21. The molecule has 0 bridgehead atoms. The first-order valence-corrected chi connectivity index (χ1v) is 6.44. The van der Waals surface area contributed by atoms with Gasteiger partial charge in [-0.3, -0.25) is 10.1 Å². The predicted molar refractivity (Wildman–Crippen MR) is 72.9 cm³/mol. The molecule has 2 aliphatic rings. The summed E-state index contributed by atoms with van der Waals surface area (Å²) in [5, 5.41) is 23.6. The summed E-state index contributed by atoms with van der Waals surface area (Å²) in [5.74, 6) is -1.28. The molecule has 0 amide bonds. The molecule has 0 aromatic heterocycles. The van der Waals surface area contributed by atoms with Gasteiger partial charge in [0.25, 0.3) is 5.69 Å². The molecule has 1 heterocycles. The molecule has 0 fully saturated rings. The third-order valence-corrected chi connectivity index (χ3v) is 4.17. The maximum Gasteiger partial charge on any atom is 0.326 e. The minimum atomic E-state index is -0.916. The number of carboxylic acid groups (broad SMARTS) is 1. The van der Waals surface area contributed by atoms with E-state index in [1.165, 1.54) is 6.07 Å². The van der Waals surface area contributed by atoms with E-state index >= 15 is 0 Å². The van der Waals surface area contributed by atoms with Gasteiger partial charge in [0.2, 0.25) is 0 Å². The van der Waals surface area contributed by atoms with Crippen molar-refractivity contribution in [2.75, 3.05) is 5.32 Å². The molecule has 1 aliphatic heterocycles. The van der Waals surface area contributed by atoms with Crippen molar-refractivity contribution >= 4 is 17.3 Å². The van der Waals surface area contributed by atoms with Crippen LogP contribution < -0.4 is 5.32 Å². The number of allylic oxidation sites excluding steroid dienone is 2.